The van der Waals surface area contributed by atoms with Gasteiger partial charge >= 0.3 is 0 Å². The molecule has 1 N–H and O–H groups in total. The molecule has 2 aliphatic rings. The lowest BCUT2D eigenvalue weighted by atomic mass is 9.69. The van der Waals surface area contributed by atoms with Gasteiger partial charge in [-0.05, 0) is 18.4 Å². The molecule has 1 heterocycles. The minimum atomic E-state index is 0.626. The van der Waals surface area contributed by atoms with Crippen LogP contribution in [-0.4, -0.2) is 6.54 Å². The van der Waals surface area contributed by atoms with Crippen LogP contribution in [0.5, 0.6) is 0 Å². The Hall–Kier alpha value is -0.820. The fraction of sp³-hybridized carbons (Fsp3) is 0.538. The molecule has 1 atom stereocenters. The van der Waals surface area contributed by atoms with Gasteiger partial charge in [0, 0.05) is 18.0 Å². The smallest absolute Gasteiger partial charge is 0.0389 e. The second-order valence-electron chi connectivity index (χ2n) is 4.79. The molecule has 3 rings (SSSR count). The lowest BCUT2D eigenvalue weighted by Gasteiger charge is -2.48. The van der Waals surface area contributed by atoms with Gasteiger partial charge in [0.1, 0.15) is 0 Å². The molecule has 74 valence electrons. The Kier molecular flexibility index (Phi) is 1.88. The fourth-order valence-corrected chi connectivity index (χ4v) is 3.15. The van der Waals surface area contributed by atoms with Gasteiger partial charge in [-0.25, -0.2) is 0 Å². The molecule has 1 saturated heterocycles. The maximum Gasteiger partial charge on any atom is 0.0389 e. The van der Waals surface area contributed by atoms with E-state index in [1.807, 2.05) is 0 Å². The Balaban J connectivity index is 1.87. The van der Waals surface area contributed by atoms with E-state index in [0.717, 1.165) is 0 Å². The third-order valence-corrected chi connectivity index (χ3v) is 4.00. The van der Waals surface area contributed by atoms with Gasteiger partial charge in [0.15, 0.2) is 0 Å². The highest BCUT2D eigenvalue weighted by Crippen LogP contribution is 2.52. The number of hydrogen-bond donors (Lipinski definition) is 1. The summed E-state index contributed by atoms with van der Waals surface area (Å²) in [5.74, 6) is 0. The highest BCUT2D eigenvalue weighted by atomic mass is 15.0. The molecule has 1 heteroatoms. The van der Waals surface area contributed by atoms with Crippen molar-refractivity contribution in [1.82, 2.24) is 5.32 Å². The maximum absolute atomic E-state index is 3.59. The van der Waals surface area contributed by atoms with Crippen LogP contribution in [0, 0.1) is 5.41 Å². The van der Waals surface area contributed by atoms with Crippen LogP contribution >= 0.6 is 0 Å². The van der Waals surface area contributed by atoms with Crippen LogP contribution in [0.25, 0.3) is 0 Å². The fourth-order valence-electron chi connectivity index (χ4n) is 3.15. The Labute approximate surface area is 85.5 Å². The summed E-state index contributed by atoms with van der Waals surface area (Å²) in [5.41, 5.74) is 2.11. The van der Waals surface area contributed by atoms with Gasteiger partial charge in [-0.15, -0.1) is 0 Å². The molecule has 2 fully saturated rings. The SMILES string of the molecule is c1ccc(C2NCC23CCCC3)cc1. The van der Waals surface area contributed by atoms with Gasteiger partial charge in [0.05, 0.1) is 0 Å². The second kappa shape index (κ2) is 3.09. The Bertz CT molecular complexity index is 311. The third-order valence-electron chi connectivity index (χ3n) is 4.00. The van der Waals surface area contributed by atoms with Crippen LogP contribution in [0.3, 0.4) is 0 Å². The molecule has 0 amide bonds. The average Bonchev–Trinajstić information content (AvgIpc) is 2.68. The van der Waals surface area contributed by atoms with Crippen molar-refractivity contribution in [3.05, 3.63) is 35.9 Å². The first kappa shape index (κ1) is 8.49. The van der Waals surface area contributed by atoms with E-state index in [1.54, 1.807) is 0 Å². The maximum atomic E-state index is 3.59. The lowest BCUT2D eigenvalue weighted by Crippen LogP contribution is -2.54. The second-order valence-corrected chi connectivity index (χ2v) is 4.79. The first-order chi connectivity index (χ1) is 6.91. The number of rotatable bonds is 1. The van der Waals surface area contributed by atoms with Gasteiger partial charge in [-0.3, -0.25) is 0 Å². The van der Waals surface area contributed by atoms with Crippen LogP contribution in [0.4, 0.5) is 0 Å². The van der Waals surface area contributed by atoms with Crippen molar-refractivity contribution < 1.29 is 0 Å². The van der Waals surface area contributed by atoms with Crippen molar-refractivity contribution in [3.8, 4) is 0 Å². The topological polar surface area (TPSA) is 12.0 Å². The van der Waals surface area contributed by atoms with Gasteiger partial charge in [0.25, 0.3) is 0 Å². The number of benzene rings is 1. The highest BCUT2D eigenvalue weighted by Gasteiger charge is 2.48. The molecule has 14 heavy (non-hydrogen) atoms. The van der Waals surface area contributed by atoms with Crippen LogP contribution in [0.15, 0.2) is 30.3 Å². The summed E-state index contributed by atoms with van der Waals surface area (Å²) in [7, 11) is 0. The predicted octanol–water partition coefficient (Wildman–Crippen LogP) is 2.89. The van der Waals surface area contributed by atoms with Crippen LogP contribution in [0.2, 0.25) is 0 Å². The molecule has 1 spiro atoms. The predicted molar refractivity (Wildman–Crippen MR) is 58.1 cm³/mol. The molecule has 1 aromatic carbocycles. The zero-order valence-corrected chi connectivity index (χ0v) is 8.50. The van der Waals surface area contributed by atoms with Gasteiger partial charge in [-0.1, -0.05) is 43.2 Å². The molecular weight excluding hydrogens is 170 g/mol. The average molecular weight is 187 g/mol. The van der Waals surface area contributed by atoms with E-state index in [2.05, 4.69) is 35.6 Å². The Morgan fingerprint density at radius 3 is 2.36 bits per heavy atom. The van der Waals surface area contributed by atoms with Gasteiger partial charge < -0.3 is 5.32 Å². The lowest BCUT2D eigenvalue weighted by molar-refractivity contribution is 0.0894. The third kappa shape index (κ3) is 1.12. The normalized spacial score (nSPS) is 29.0. The van der Waals surface area contributed by atoms with Crippen molar-refractivity contribution in [1.29, 1.82) is 0 Å². The molecule has 1 saturated carbocycles. The monoisotopic (exact) mass is 187 g/mol. The van der Waals surface area contributed by atoms with Crippen molar-refractivity contribution in [3.63, 3.8) is 0 Å². The quantitative estimate of drug-likeness (QED) is 0.713. The van der Waals surface area contributed by atoms with E-state index in [-0.39, 0.29) is 0 Å². The van der Waals surface area contributed by atoms with E-state index in [9.17, 15) is 0 Å². The largest absolute Gasteiger partial charge is 0.309 e. The van der Waals surface area contributed by atoms with Crippen molar-refractivity contribution in [2.75, 3.05) is 6.54 Å². The van der Waals surface area contributed by atoms with Crippen molar-refractivity contribution in [2.45, 2.75) is 31.7 Å². The minimum absolute atomic E-state index is 0.626. The highest BCUT2D eigenvalue weighted by molar-refractivity contribution is 5.25. The van der Waals surface area contributed by atoms with E-state index in [0.29, 0.717) is 11.5 Å². The van der Waals surface area contributed by atoms with E-state index in [4.69, 9.17) is 0 Å². The van der Waals surface area contributed by atoms with E-state index < -0.39 is 0 Å². The van der Waals surface area contributed by atoms with Crippen LogP contribution in [-0.2, 0) is 0 Å². The summed E-state index contributed by atoms with van der Waals surface area (Å²) in [6.07, 6.45) is 5.73. The van der Waals surface area contributed by atoms with Gasteiger partial charge in [-0.2, -0.15) is 0 Å². The van der Waals surface area contributed by atoms with E-state index in [1.165, 1.54) is 37.8 Å². The van der Waals surface area contributed by atoms with Gasteiger partial charge in [0.2, 0.25) is 0 Å². The molecule has 1 unspecified atom stereocenters. The summed E-state index contributed by atoms with van der Waals surface area (Å²) in [5, 5.41) is 3.59. The van der Waals surface area contributed by atoms with Crippen molar-refractivity contribution in [2.24, 2.45) is 5.41 Å². The summed E-state index contributed by atoms with van der Waals surface area (Å²) >= 11 is 0. The first-order valence-electron chi connectivity index (χ1n) is 5.69. The molecule has 0 aromatic heterocycles. The van der Waals surface area contributed by atoms with Crippen LogP contribution in [0.1, 0.15) is 37.3 Å². The van der Waals surface area contributed by atoms with E-state index >= 15 is 0 Å². The first-order valence-corrected chi connectivity index (χ1v) is 5.69. The Morgan fingerprint density at radius 2 is 1.79 bits per heavy atom. The zero-order chi connectivity index (χ0) is 9.43. The molecule has 0 radical (unpaired) electrons. The molecule has 1 aliphatic heterocycles. The van der Waals surface area contributed by atoms with Crippen molar-refractivity contribution >= 4 is 0 Å². The number of nitrogens with one attached hydrogen (secondary N) is 1. The number of hydrogen-bond acceptors (Lipinski definition) is 1. The zero-order valence-electron chi connectivity index (χ0n) is 8.50. The minimum Gasteiger partial charge on any atom is -0.309 e. The summed E-state index contributed by atoms with van der Waals surface area (Å²) in [6.45, 7) is 1.24. The molecule has 1 aliphatic carbocycles. The molecule has 1 nitrogen and oxygen atoms in total. The summed E-state index contributed by atoms with van der Waals surface area (Å²) in [4.78, 5) is 0. The molecule has 0 bridgehead atoms. The summed E-state index contributed by atoms with van der Waals surface area (Å²) in [6, 6.07) is 11.6. The Morgan fingerprint density at radius 1 is 1.07 bits per heavy atom. The standard InChI is InChI=1S/C13H17N/c1-2-6-11(7-3-1)12-13(10-14-12)8-4-5-9-13/h1-3,6-7,12,14H,4-5,8-10H2. The van der Waals surface area contributed by atoms with Crippen LogP contribution < -0.4 is 5.32 Å². The molecular formula is C13H17N. The molecule has 1 aromatic rings. The summed E-state index contributed by atoms with van der Waals surface area (Å²) < 4.78 is 0.